The quantitative estimate of drug-likeness (QED) is 0.618. The lowest BCUT2D eigenvalue weighted by Crippen LogP contribution is -2.29. The van der Waals surface area contributed by atoms with Gasteiger partial charge in [0.05, 0.1) is 18.3 Å². The maximum Gasteiger partial charge on any atom is 0.169 e. The van der Waals surface area contributed by atoms with Gasteiger partial charge in [0.1, 0.15) is 0 Å². The molecule has 0 N–H and O–H groups in total. The van der Waals surface area contributed by atoms with E-state index in [1.807, 2.05) is 26.8 Å². The highest BCUT2D eigenvalue weighted by atomic mass is 16.5. The van der Waals surface area contributed by atoms with Crippen molar-refractivity contribution in [2.75, 3.05) is 7.11 Å². The van der Waals surface area contributed by atoms with Crippen molar-refractivity contribution in [2.45, 2.75) is 39.1 Å². The van der Waals surface area contributed by atoms with Crippen LogP contribution in [-0.4, -0.2) is 25.4 Å². The molecule has 0 aromatic heterocycles. The zero-order chi connectivity index (χ0) is 8.85. The molecule has 0 heterocycles. The van der Waals surface area contributed by atoms with Crippen molar-refractivity contribution in [3.63, 3.8) is 0 Å². The van der Waals surface area contributed by atoms with E-state index in [4.69, 9.17) is 14.7 Å². The second kappa shape index (κ2) is 5.11. The van der Waals surface area contributed by atoms with Crippen LogP contribution in [0.1, 0.15) is 20.8 Å². The third kappa shape index (κ3) is 3.97. The van der Waals surface area contributed by atoms with E-state index in [1.165, 1.54) is 0 Å². The SMILES string of the molecule is COC(C)C(C#N)OC(C)C. The summed E-state index contributed by atoms with van der Waals surface area (Å²) in [5, 5.41) is 8.62. The Morgan fingerprint density at radius 2 is 1.82 bits per heavy atom. The molecule has 11 heavy (non-hydrogen) atoms. The first kappa shape index (κ1) is 10.4. The van der Waals surface area contributed by atoms with Crippen LogP contribution in [0.5, 0.6) is 0 Å². The molecule has 0 bridgehead atoms. The summed E-state index contributed by atoms with van der Waals surface area (Å²) in [4.78, 5) is 0. The number of nitrogens with zero attached hydrogens (tertiary/aromatic N) is 1. The molecule has 0 aliphatic heterocycles. The Hall–Kier alpha value is -0.590. The molecule has 3 nitrogen and oxygen atoms in total. The van der Waals surface area contributed by atoms with Crippen molar-refractivity contribution in [1.29, 1.82) is 5.26 Å². The number of nitriles is 1. The van der Waals surface area contributed by atoms with E-state index in [2.05, 4.69) is 0 Å². The minimum absolute atomic E-state index is 0.0669. The van der Waals surface area contributed by atoms with Gasteiger partial charge < -0.3 is 9.47 Å². The van der Waals surface area contributed by atoms with E-state index >= 15 is 0 Å². The van der Waals surface area contributed by atoms with Gasteiger partial charge in [-0.1, -0.05) is 0 Å². The second-order valence-corrected chi connectivity index (χ2v) is 2.68. The van der Waals surface area contributed by atoms with Crippen LogP contribution >= 0.6 is 0 Å². The maximum atomic E-state index is 8.62. The van der Waals surface area contributed by atoms with E-state index in [-0.39, 0.29) is 12.2 Å². The van der Waals surface area contributed by atoms with Crippen LogP contribution in [0.25, 0.3) is 0 Å². The Bertz CT molecular complexity index is 140. The third-order valence-corrected chi connectivity index (χ3v) is 1.34. The Kier molecular flexibility index (Phi) is 4.84. The van der Waals surface area contributed by atoms with Crippen molar-refractivity contribution in [3.8, 4) is 6.07 Å². The fourth-order valence-electron chi connectivity index (χ4n) is 0.663. The fraction of sp³-hybridized carbons (Fsp3) is 0.875. The Morgan fingerprint density at radius 1 is 1.27 bits per heavy atom. The molecule has 2 atom stereocenters. The highest BCUT2D eigenvalue weighted by Gasteiger charge is 2.17. The minimum atomic E-state index is -0.458. The number of hydrogen-bond acceptors (Lipinski definition) is 3. The summed E-state index contributed by atoms with van der Waals surface area (Å²) < 4.78 is 10.2. The largest absolute Gasteiger partial charge is 0.378 e. The van der Waals surface area contributed by atoms with Gasteiger partial charge in [0.15, 0.2) is 6.10 Å². The molecular weight excluding hydrogens is 142 g/mol. The summed E-state index contributed by atoms with van der Waals surface area (Å²) in [5.41, 5.74) is 0. The van der Waals surface area contributed by atoms with Gasteiger partial charge >= 0.3 is 0 Å². The summed E-state index contributed by atoms with van der Waals surface area (Å²) in [6, 6.07) is 2.04. The lowest BCUT2D eigenvalue weighted by molar-refractivity contribution is -0.0444. The fourth-order valence-corrected chi connectivity index (χ4v) is 0.663. The highest BCUT2D eigenvalue weighted by Crippen LogP contribution is 2.04. The van der Waals surface area contributed by atoms with E-state index in [0.717, 1.165) is 0 Å². The average molecular weight is 157 g/mol. The smallest absolute Gasteiger partial charge is 0.169 e. The normalized spacial score (nSPS) is 16.0. The first-order valence-corrected chi connectivity index (χ1v) is 3.69. The van der Waals surface area contributed by atoms with E-state index in [1.54, 1.807) is 7.11 Å². The zero-order valence-corrected chi connectivity index (χ0v) is 7.50. The predicted molar refractivity (Wildman–Crippen MR) is 42.1 cm³/mol. The van der Waals surface area contributed by atoms with Gasteiger partial charge in [-0.15, -0.1) is 0 Å². The molecule has 64 valence electrons. The summed E-state index contributed by atoms with van der Waals surface area (Å²) >= 11 is 0. The number of hydrogen-bond donors (Lipinski definition) is 0. The molecule has 0 rings (SSSR count). The average Bonchev–Trinajstić information content (AvgIpc) is 1.98. The van der Waals surface area contributed by atoms with Crippen LogP contribution in [0.4, 0.5) is 0 Å². The molecule has 0 saturated heterocycles. The first-order chi connectivity index (χ1) is 5.11. The maximum absolute atomic E-state index is 8.62. The number of methoxy groups -OCH3 is 1. The van der Waals surface area contributed by atoms with Gasteiger partial charge in [0.25, 0.3) is 0 Å². The van der Waals surface area contributed by atoms with E-state index in [0.29, 0.717) is 0 Å². The molecule has 0 saturated carbocycles. The van der Waals surface area contributed by atoms with Crippen LogP contribution in [0.3, 0.4) is 0 Å². The molecule has 0 spiro atoms. The Morgan fingerprint density at radius 3 is 2.09 bits per heavy atom. The topological polar surface area (TPSA) is 42.2 Å². The first-order valence-electron chi connectivity index (χ1n) is 3.69. The molecule has 3 heteroatoms. The third-order valence-electron chi connectivity index (χ3n) is 1.34. The van der Waals surface area contributed by atoms with E-state index in [9.17, 15) is 0 Å². The molecule has 0 aliphatic rings. The molecule has 0 fully saturated rings. The van der Waals surface area contributed by atoms with Crippen molar-refractivity contribution in [2.24, 2.45) is 0 Å². The van der Waals surface area contributed by atoms with Crippen LogP contribution < -0.4 is 0 Å². The van der Waals surface area contributed by atoms with E-state index < -0.39 is 6.10 Å². The van der Waals surface area contributed by atoms with Gasteiger partial charge in [-0.2, -0.15) is 5.26 Å². The van der Waals surface area contributed by atoms with Crippen molar-refractivity contribution in [3.05, 3.63) is 0 Å². The molecule has 0 aliphatic carbocycles. The van der Waals surface area contributed by atoms with Gasteiger partial charge in [-0.3, -0.25) is 0 Å². The van der Waals surface area contributed by atoms with Crippen LogP contribution in [-0.2, 0) is 9.47 Å². The van der Waals surface area contributed by atoms with Gasteiger partial charge in [-0.25, -0.2) is 0 Å². The van der Waals surface area contributed by atoms with Crippen LogP contribution in [0.15, 0.2) is 0 Å². The van der Waals surface area contributed by atoms with Crippen molar-refractivity contribution < 1.29 is 9.47 Å². The summed E-state index contributed by atoms with van der Waals surface area (Å²) in [6.45, 7) is 5.61. The zero-order valence-electron chi connectivity index (χ0n) is 7.50. The van der Waals surface area contributed by atoms with Crippen LogP contribution in [0.2, 0.25) is 0 Å². The Balaban J connectivity index is 3.87. The molecule has 0 aromatic carbocycles. The molecule has 0 aromatic rings. The van der Waals surface area contributed by atoms with Crippen molar-refractivity contribution >= 4 is 0 Å². The lowest BCUT2D eigenvalue weighted by atomic mass is 10.2. The summed E-state index contributed by atoms with van der Waals surface area (Å²) in [5.74, 6) is 0. The standard InChI is InChI=1S/C8H15NO2/c1-6(2)11-8(5-9)7(3)10-4/h6-8H,1-4H3. The van der Waals surface area contributed by atoms with Gasteiger partial charge in [0.2, 0.25) is 0 Å². The molecular formula is C8H15NO2. The predicted octanol–water partition coefficient (Wildman–Crippen LogP) is 1.34. The van der Waals surface area contributed by atoms with Crippen molar-refractivity contribution in [1.82, 2.24) is 0 Å². The minimum Gasteiger partial charge on any atom is -0.378 e. The summed E-state index contributed by atoms with van der Waals surface area (Å²) in [7, 11) is 1.57. The van der Waals surface area contributed by atoms with Gasteiger partial charge in [0, 0.05) is 7.11 Å². The Labute approximate surface area is 67.9 Å². The van der Waals surface area contributed by atoms with Gasteiger partial charge in [-0.05, 0) is 20.8 Å². The molecule has 2 unspecified atom stereocenters. The highest BCUT2D eigenvalue weighted by molar-refractivity contribution is 4.89. The molecule has 0 radical (unpaired) electrons. The van der Waals surface area contributed by atoms with Crippen LogP contribution in [0, 0.1) is 11.3 Å². The monoisotopic (exact) mass is 157 g/mol. The molecule has 0 amide bonds. The second-order valence-electron chi connectivity index (χ2n) is 2.68. The summed E-state index contributed by atoms with van der Waals surface area (Å²) in [6.07, 6.45) is -0.556. The number of rotatable bonds is 4. The number of ether oxygens (including phenoxy) is 2. The lowest BCUT2D eigenvalue weighted by Gasteiger charge is -2.18.